The van der Waals surface area contributed by atoms with Crippen LogP contribution in [0.4, 0.5) is 10.5 Å². The third-order valence-corrected chi connectivity index (χ3v) is 5.15. The highest BCUT2D eigenvalue weighted by molar-refractivity contribution is 6.39. The average Bonchev–Trinajstić information content (AvgIpc) is 2.84. The minimum Gasteiger partial charge on any atom is -0.493 e. The fourth-order valence-corrected chi connectivity index (χ4v) is 3.37. The van der Waals surface area contributed by atoms with Crippen molar-refractivity contribution in [1.29, 1.82) is 0 Å². The Morgan fingerprint density at radius 2 is 1.65 bits per heavy atom. The first-order valence-electron chi connectivity index (χ1n) is 9.99. The number of nitrogens with one attached hydrogen (secondary N) is 1. The molecule has 0 atom stereocenters. The number of benzene rings is 3. The number of hydrogen-bond donors (Lipinski definition) is 1. The Bertz CT molecular complexity index is 1320. The molecule has 0 aromatic heterocycles. The summed E-state index contributed by atoms with van der Waals surface area (Å²) in [7, 11) is 1.39. The van der Waals surface area contributed by atoms with E-state index in [1.54, 1.807) is 36.4 Å². The summed E-state index contributed by atoms with van der Waals surface area (Å²) >= 11 is 5.88. The number of rotatable bonds is 5. The number of nitrogens with zero attached hydrogens (tertiary/aromatic N) is 1. The van der Waals surface area contributed by atoms with E-state index >= 15 is 0 Å². The normalized spacial score (nSPS) is 14.7. The van der Waals surface area contributed by atoms with Gasteiger partial charge < -0.3 is 9.47 Å². The van der Waals surface area contributed by atoms with E-state index < -0.39 is 23.8 Å². The topological polar surface area (TPSA) is 102 Å². The van der Waals surface area contributed by atoms with Gasteiger partial charge in [-0.15, -0.1) is 0 Å². The number of carbonyl (C=O) groups excluding carboxylic acids is 4. The average molecular weight is 477 g/mol. The monoisotopic (exact) mass is 476 g/mol. The Labute approximate surface area is 199 Å². The maximum Gasteiger partial charge on any atom is 0.343 e. The first-order chi connectivity index (χ1) is 16.4. The van der Waals surface area contributed by atoms with Crippen molar-refractivity contribution in [3.8, 4) is 11.5 Å². The van der Waals surface area contributed by atoms with Gasteiger partial charge in [-0.3, -0.25) is 14.9 Å². The molecule has 1 aliphatic heterocycles. The number of urea groups is 1. The van der Waals surface area contributed by atoms with Crippen LogP contribution in [0, 0.1) is 0 Å². The molecule has 4 rings (SSSR count). The number of amides is 4. The zero-order valence-corrected chi connectivity index (χ0v) is 18.5. The second-order valence-corrected chi connectivity index (χ2v) is 7.54. The number of barbiturate groups is 1. The number of carbonyl (C=O) groups is 4. The van der Waals surface area contributed by atoms with Crippen LogP contribution in [0.1, 0.15) is 15.9 Å². The zero-order chi connectivity index (χ0) is 24.2. The highest BCUT2D eigenvalue weighted by atomic mass is 35.5. The fourth-order valence-electron chi connectivity index (χ4n) is 3.24. The highest BCUT2D eigenvalue weighted by Crippen LogP contribution is 2.30. The lowest BCUT2D eigenvalue weighted by Crippen LogP contribution is -2.54. The Morgan fingerprint density at radius 1 is 0.941 bits per heavy atom. The minimum absolute atomic E-state index is 0.163. The molecule has 0 bridgehead atoms. The molecule has 0 radical (unpaired) electrons. The molecule has 0 unspecified atom stereocenters. The zero-order valence-electron chi connectivity index (χ0n) is 17.8. The first kappa shape index (κ1) is 22.8. The van der Waals surface area contributed by atoms with Crippen LogP contribution in [0.25, 0.3) is 6.08 Å². The first-order valence-corrected chi connectivity index (χ1v) is 10.4. The van der Waals surface area contributed by atoms with E-state index in [4.69, 9.17) is 21.1 Å². The van der Waals surface area contributed by atoms with Gasteiger partial charge in [0.05, 0.1) is 18.4 Å². The smallest absolute Gasteiger partial charge is 0.343 e. The maximum atomic E-state index is 13.0. The summed E-state index contributed by atoms with van der Waals surface area (Å²) in [4.78, 5) is 50.9. The number of halogens is 1. The maximum absolute atomic E-state index is 13.0. The van der Waals surface area contributed by atoms with Crippen molar-refractivity contribution in [1.82, 2.24) is 5.32 Å². The van der Waals surface area contributed by atoms with Crippen molar-refractivity contribution >= 4 is 47.2 Å². The second-order valence-electron chi connectivity index (χ2n) is 7.10. The summed E-state index contributed by atoms with van der Waals surface area (Å²) in [6, 6.07) is 18.2. The molecule has 1 fully saturated rings. The minimum atomic E-state index is -0.866. The summed E-state index contributed by atoms with van der Waals surface area (Å²) in [6.45, 7) is 0. The van der Waals surface area contributed by atoms with Gasteiger partial charge >= 0.3 is 12.0 Å². The third-order valence-electron chi connectivity index (χ3n) is 4.90. The largest absolute Gasteiger partial charge is 0.493 e. The number of hydrogen-bond acceptors (Lipinski definition) is 6. The van der Waals surface area contributed by atoms with E-state index in [0.29, 0.717) is 16.1 Å². The molecule has 8 nitrogen and oxygen atoms in total. The van der Waals surface area contributed by atoms with Gasteiger partial charge in [-0.25, -0.2) is 14.5 Å². The predicted octanol–water partition coefficient (Wildman–Crippen LogP) is 4.23. The number of ether oxygens (including phenoxy) is 2. The number of methoxy groups -OCH3 is 1. The molecule has 34 heavy (non-hydrogen) atoms. The van der Waals surface area contributed by atoms with Crippen molar-refractivity contribution in [2.75, 3.05) is 12.0 Å². The molecule has 0 spiro atoms. The fraction of sp³-hybridized carbons (Fsp3) is 0.0400. The third kappa shape index (κ3) is 4.67. The van der Waals surface area contributed by atoms with Crippen molar-refractivity contribution < 1.29 is 28.7 Å². The van der Waals surface area contributed by atoms with Crippen LogP contribution in [-0.4, -0.2) is 30.9 Å². The molecule has 1 saturated heterocycles. The van der Waals surface area contributed by atoms with E-state index in [0.717, 1.165) is 4.90 Å². The lowest BCUT2D eigenvalue weighted by atomic mass is 10.1. The van der Waals surface area contributed by atoms with Crippen molar-refractivity contribution in [3.63, 3.8) is 0 Å². The van der Waals surface area contributed by atoms with Crippen molar-refractivity contribution in [2.24, 2.45) is 0 Å². The highest BCUT2D eigenvalue weighted by Gasteiger charge is 2.36. The van der Waals surface area contributed by atoms with Gasteiger partial charge in [0.1, 0.15) is 5.57 Å². The predicted molar refractivity (Wildman–Crippen MR) is 125 cm³/mol. The molecule has 170 valence electrons. The van der Waals surface area contributed by atoms with Gasteiger partial charge in [0.25, 0.3) is 11.8 Å². The quantitative estimate of drug-likeness (QED) is 0.256. The molecule has 4 amide bonds. The Morgan fingerprint density at radius 3 is 2.32 bits per heavy atom. The lowest BCUT2D eigenvalue weighted by molar-refractivity contribution is -0.122. The van der Waals surface area contributed by atoms with Crippen LogP contribution in [-0.2, 0) is 9.59 Å². The van der Waals surface area contributed by atoms with Gasteiger partial charge in [-0.05, 0) is 60.2 Å². The molecule has 3 aromatic carbocycles. The van der Waals surface area contributed by atoms with Crippen LogP contribution in [0.15, 0.2) is 78.4 Å². The Balaban J connectivity index is 1.62. The van der Waals surface area contributed by atoms with Crippen LogP contribution in [0.2, 0.25) is 5.02 Å². The molecular formula is C25H17ClN2O6. The molecule has 0 aliphatic carbocycles. The Kier molecular flexibility index (Phi) is 6.42. The number of anilines is 1. The second kappa shape index (κ2) is 9.60. The number of imide groups is 2. The molecule has 1 heterocycles. The van der Waals surface area contributed by atoms with Gasteiger partial charge in [-0.2, -0.15) is 0 Å². The Hall–Kier alpha value is -4.43. The van der Waals surface area contributed by atoms with E-state index in [2.05, 4.69) is 5.32 Å². The molecule has 9 heteroatoms. The molecule has 3 aromatic rings. The van der Waals surface area contributed by atoms with Gasteiger partial charge in [0.2, 0.25) is 0 Å². The van der Waals surface area contributed by atoms with Crippen LogP contribution >= 0.6 is 11.6 Å². The molecule has 0 saturated carbocycles. The standard InChI is InChI=1S/C25H17ClN2O6/c1-33-21-14-15(7-12-20(21)34-24(31)16-5-3-2-4-6-16)13-19-22(29)27-25(32)28(23(19)30)18-10-8-17(26)9-11-18/h2-14H,1H3,(H,27,29,32)/b19-13+. The molecular weight excluding hydrogens is 460 g/mol. The molecule has 1 N–H and O–H groups in total. The van der Waals surface area contributed by atoms with Crippen molar-refractivity contribution in [2.45, 2.75) is 0 Å². The summed E-state index contributed by atoms with van der Waals surface area (Å²) in [5.41, 5.74) is 0.782. The van der Waals surface area contributed by atoms with E-state index in [1.807, 2.05) is 0 Å². The summed E-state index contributed by atoms with van der Waals surface area (Å²) < 4.78 is 10.7. The number of esters is 1. The van der Waals surface area contributed by atoms with Crippen LogP contribution in [0.5, 0.6) is 11.5 Å². The lowest BCUT2D eigenvalue weighted by Gasteiger charge is -2.26. The van der Waals surface area contributed by atoms with Crippen LogP contribution < -0.4 is 19.7 Å². The molecule has 1 aliphatic rings. The van der Waals surface area contributed by atoms with E-state index in [1.165, 1.54) is 49.6 Å². The van der Waals surface area contributed by atoms with E-state index in [9.17, 15) is 19.2 Å². The van der Waals surface area contributed by atoms with E-state index in [-0.39, 0.29) is 22.8 Å². The van der Waals surface area contributed by atoms with Gasteiger partial charge in [-0.1, -0.05) is 35.9 Å². The van der Waals surface area contributed by atoms with Crippen LogP contribution in [0.3, 0.4) is 0 Å². The van der Waals surface area contributed by atoms with Gasteiger partial charge in [0, 0.05) is 5.02 Å². The van der Waals surface area contributed by atoms with Gasteiger partial charge in [0.15, 0.2) is 11.5 Å². The summed E-state index contributed by atoms with van der Waals surface area (Å²) in [6.07, 6.45) is 1.32. The summed E-state index contributed by atoms with van der Waals surface area (Å²) in [5.74, 6) is -1.82. The summed E-state index contributed by atoms with van der Waals surface area (Å²) in [5, 5.41) is 2.58. The SMILES string of the molecule is COc1cc(/C=C2\C(=O)NC(=O)N(c3ccc(Cl)cc3)C2=O)ccc1OC(=O)c1ccccc1. The van der Waals surface area contributed by atoms with Crippen molar-refractivity contribution in [3.05, 3.63) is 94.5 Å².